The van der Waals surface area contributed by atoms with Gasteiger partial charge in [-0.1, -0.05) is 6.07 Å². The van der Waals surface area contributed by atoms with Crippen LogP contribution in [0.5, 0.6) is 0 Å². The molecule has 0 saturated carbocycles. The number of thioether (sulfide) groups is 1. The summed E-state index contributed by atoms with van der Waals surface area (Å²) in [5.74, 6) is -0.805. The topological polar surface area (TPSA) is 74.7 Å². The molecule has 1 aliphatic rings. The highest BCUT2D eigenvalue weighted by molar-refractivity contribution is 8.00. The van der Waals surface area contributed by atoms with Crippen LogP contribution in [0.25, 0.3) is 0 Å². The Kier molecular flexibility index (Phi) is 4.90. The molecule has 2 rings (SSSR count). The van der Waals surface area contributed by atoms with Gasteiger partial charge in [0.15, 0.2) is 9.84 Å². The lowest BCUT2D eigenvalue weighted by Gasteiger charge is -2.34. The number of hydrogen-bond donors (Lipinski definition) is 1. The van der Waals surface area contributed by atoms with Crippen LogP contribution in [-0.2, 0) is 16.4 Å². The molecule has 1 N–H and O–H groups in total. The highest BCUT2D eigenvalue weighted by Gasteiger charge is 2.30. The van der Waals surface area contributed by atoms with Crippen molar-refractivity contribution in [2.24, 2.45) is 0 Å². The number of halogens is 1. The summed E-state index contributed by atoms with van der Waals surface area (Å²) in [6.45, 7) is 0.889. The number of rotatable bonds is 4. The zero-order valence-electron chi connectivity index (χ0n) is 11.5. The van der Waals surface area contributed by atoms with Crippen molar-refractivity contribution < 1.29 is 22.7 Å². The molecule has 21 heavy (non-hydrogen) atoms. The molecule has 1 aliphatic heterocycles. The van der Waals surface area contributed by atoms with E-state index >= 15 is 0 Å². The maximum absolute atomic E-state index is 13.7. The van der Waals surface area contributed by atoms with Gasteiger partial charge in [0.2, 0.25) is 0 Å². The van der Waals surface area contributed by atoms with Crippen LogP contribution >= 0.6 is 11.8 Å². The Morgan fingerprint density at radius 3 is 2.81 bits per heavy atom. The molecular formula is C13H16FNO4S2. The van der Waals surface area contributed by atoms with Gasteiger partial charge in [0, 0.05) is 30.9 Å². The van der Waals surface area contributed by atoms with Gasteiger partial charge in [-0.3, -0.25) is 4.90 Å². The minimum absolute atomic E-state index is 0.287. The maximum Gasteiger partial charge on any atom is 0.338 e. The molecule has 1 aromatic carbocycles. The number of sulfone groups is 1. The third-order valence-electron chi connectivity index (χ3n) is 3.33. The number of carboxylic acid groups (broad SMARTS) is 1. The third kappa shape index (κ3) is 3.96. The fourth-order valence-electron chi connectivity index (χ4n) is 2.26. The Morgan fingerprint density at radius 1 is 1.52 bits per heavy atom. The first-order valence-electron chi connectivity index (χ1n) is 6.31. The highest BCUT2D eigenvalue weighted by atomic mass is 32.2. The van der Waals surface area contributed by atoms with E-state index in [4.69, 9.17) is 5.11 Å². The summed E-state index contributed by atoms with van der Waals surface area (Å²) in [7, 11) is -3.21. The molecule has 0 spiro atoms. The number of nitrogens with zero attached hydrogens (tertiary/aromatic N) is 1. The lowest BCUT2D eigenvalue weighted by Crippen LogP contribution is -2.46. The molecule has 116 valence electrons. The minimum Gasteiger partial charge on any atom is -0.478 e. The van der Waals surface area contributed by atoms with E-state index < -0.39 is 27.0 Å². The normalized spacial score (nSPS) is 20.4. The molecule has 1 unspecified atom stereocenters. The molecule has 1 heterocycles. The van der Waals surface area contributed by atoms with E-state index in [1.165, 1.54) is 18.4 Å². The molecule has 0 bridgehead atoms. The summed E-state index contributed by atoms with van der Waals surface area (Å²) in [4.78, 5) is 12.6. The first kappa shape index (κ1) is 16.3. The first-order valence-corrected chi connectivity index (χ1v) is 9.42. The van der Waals surface area contributed by atoms with Gasteiger partial charge < -0.3 is 5.11 Å². The van der Waals surface area contributed by atoms with E-state index in [9.17, 15) is 17.6 Å². The zero-order valence-corrected chi connectivity index (χ0v) is 13.1. The van der Waals surface area contributed by atoms with Gasteiger partial charge in [0.05, 0.1) is 5.56 Å². The summed E-state index contributed by atoms with van der Waals surface area (Å²) >= 11 is 1.58. The summed E-state index contributed by atoms with van der Waals surface area (Å²) in [6, 6.07) is 3.89. The maximum atomic E-state index is 13.7. The Balaban J connectivity index is 2.20. The molecule has 0 radical (unpaired) electrons. The van der Waals surface area contributed by atoms with Gasteiger partial charge in [-0.2, -0.15) is 11.8 Å². The summed E-state index contributed by atoms with van der Waals surface area (Å²) in [5, 5.41) is 8.21. The smallest absolute Gasteiger partial charge is 0.338 e. The van der Waals surface area contributed by atoms with Gasteiger partial charge in [-0.15, -0.1) is 0 Å². The van der Waals surface area contributed by atoms with Crippen molar-refractivity contribution in [2.75, 3.05) is 24.3 Å². The van der Waals surface area contributed by atoms with Crippen LogP contribution in [0, 0.1) is 5.82 Å². The largest absolute Gasteiger partial charge is 0.478 e. The van der Waals surface area contributed by atoms with Gasteiger partial charge in [-0.25, -0.2) is 17.6 Å². The van der Waals surface area contributed by atoms with Crippen LogP contribution in [0.4, 0.5) is 4.39 Å². The van der Waals surface area contributed by atoms with E-state index in [1.807, 2.05) is 0 Å². The number of benzene rings is 1. The standard InChI is InChI=1S/C13H16FNO4S2/c1-21(18,19)12-8-20-5-4-15(12)7-9-2-3-10(13(16)17)11(14)6-9/h2-3,6,12H,4-5,7-8H2,1H3,(H,16,17). The van der Waals surface area contributed by atoms with Crippen LogP contribution in [0.1, 0.15) is 15.9 Å². The van der Waals surface area contributed by atoms with Crippen LogP contribution in [0.15, 0.2) is 18.2 Å². The van der Waals surface area contributed by atoms with E-state index in [-0.39, 0.29) is 12.1 Å². The van der Waals surface area contributed by atoms with Gasteiger partial charge in [0.1, 0.15) is 11.2 Å². The van der Waals surface area contributed by atoms with Crippen molar-refractivity contribution in [3.05, 3.63) is 35.1 Å². The molecule has 5 nitrogen and oxygen atoms in total. The van der Waals surface area contributed by atoms with E-state index in [2.05, 4.69) is 0 Å². The SMILES string of the molecule is CS(=O)(=O)C1CSCCN1Cc1ccc(C(=O)O)c(F)c1. The molecule has 1 saturated heterocycles. The summed E-state index contributed by atoms with van der Waals surface area (Å²) in [6.07, 6.45) is 1.20. The minimum atomic E-state index is -3.21. The van der Waals surface area contributed by atoms with Crippen LogP contribution in [0.2, 0.25) is 0 Å². The fourth-order valence-corrected chi connectivity index (χ4v) is 5.20. The second kappa shape index (κ2) is 6.33. The van der Waals surface area contributed by atoms with Crippen molar-refractivity contribution in [3.8, 4) is 0 Å². The summed E-state index contributed by atoms with van der Waals surface area (Å²) < 4.78 is 37.2. The molecule has 8 heteroatoms. The molecule has 0 aromatic heterocycles. The monoisotopic (exact) mass is 333 g/mol. The number of hydrogen-bond acceptors (Lipinski definition) is 5. The van der Waals surface area contributed by atoms with E-state index in [0.29, 0.717) is 17.9 Å². The third-order valence-corrected chi connectivity index (χ3v) is 6.02. The average molecular weight is 333 g/mol. The van der Waals surface area contributed by atoms with Crippen LogP contribution in [-0.4, -0.2) is 54.1 Å². The van der Waals surface area contributed by atoms with E-state index in [0.717, 1.165) is 11.8 Å². The Bertz CT molecular complexity index is 648. The fraction of sp³-hybridized carbons (Fsp3) is 0.462. The zero-order chi connectivity index (χ0) is 15.6. The lowest BCUT2D eigenvalue weighted by atomic mass is 10.1. The Hall–Kier alpha value is -1.12. The molecule has 1 aromatic rings. The number of carboxylic acids is 1. The van der Waals surface area contributed by atoms with Gasteiger partial charge in [0.25, 0.3) is 0 Å². The van der Waals surface area contributed by atoms with E-state index in [1.54, 1.807) is 16.7 Å². The van der Waals surface area contributed by atoms with Crippen molar-refractivity contribution in [2.45, 2.75) is 11.9 Å². The molecule has 0 amide bonds. The number of aromatic carboxylic acids is 1. The summed E-state index contributed by atoms with van der Waals surface area (Å²) in [5.41, 5.74) is 0.186. The molecule has 0 aliphatic carbocycles. The predicted octanol–water partition coefficient (Wildman–Crippen LogP) is 1.44. The van der Waals surface area contributed by atoms with Crippen LogP contribution in [0.3, 0.4) is 0 Å². The van der Waals surface area contributed by atoms with Crippen LogP contribution < -0.4 is 0 Å². The van der Waals surface area contributed by atoms with Crippen molar-refractivity contribution in [3.63, 3.8) is 0 Å². The molecular weight excluding hydrogens is 317 g/mol. The Labute approximate surface area is 127 Å². The Morgan fingerprint density at radius 2 is 2.24 bits per heavy atom. The second-order valence-corrected chi connectivity index (χ2v) is 8.30. The first-order chi connectivity index (χ1) is 9.79. The van der Waals surface area contributed by atoms with Crippen molar-refractivity contribution in [1.29, 1.82) is 0 Å². The average Bonchev–Trinajstić information content (AvgIpc) is 2.37. The van der Waals surface area contributed by atoms with Gasteiger partial charge in [-0.05, 0) is 17.7 Å². The van der Waals surface area contributed by atoms with Crippen molar-refractivity contribution in [1.82, 2.24) is 4.90 Å². The molecule has 1 fully saturated rings. The highest BCUT2D eigenvalue weighted by Crippen LogP contribution is 2.23. The quantitative estimate of drug-likeness (QED) is 0.899. The van der Waals surface area contributed by atoms with Crippen molar-refractivity contribution >= 4 is 27.6 Å². The number of carbonyl (C=O) groups is 1. The predicted molar refractivity (Wildman–Crippen MR) is 79.7 cm³/mol. The second-order valence-electron chi connectivity index (χ2n) is 4.95. The molecule has 1 atom stereocenters. The van der Waals surface area contributed by atoms with Gasteiger partial charge >= 0.3 is 5.97 Å². The lowest BCUT2D eigenvalue weighted by molar-refractivity contribution is 0.0692.